The summed E-state index contributed by atoms with van der Waals surface area (Å²) in [6.45, 7) is -1.29. The van der Waals surface area contributed by atoms with Crippen molar-refractivity contribution in [2.45, 2.75) is 19.6 Å². The van der Waals surface area contributed by atoms with Gasteiger partial charge in [-0.1, -0.05) is 12.1 Å². The molecule has 1 N–H and O–H groups in total. The summed E-state index contributed by atoms with van der Waals surface area (Å²) >= 11 is 0. The van der Waals surface area contributed by atoms with Crippen molar-refractivity contribution in [3.05, 3.63) is 88.8 Å². The van der Waals surface area contributed by atoms with Crippen molar-refractivity contribution in [2.75, 3.05) is 12.0 Å². The SMILES string of the molecule is COc1ccc(C(=O)C2=C(O)C(=O)N(c3ccc(C)nn3)C2c2ccc(OC(F)F)cc2)cc1. The van der Waals surface area contributed by atoms with Crippen LogP contribution in [0.2, 0.25) is 0 Å². The Bertz CT molecular complexity index is 1240. The van der Waals surface area contributed by atoms with E-state index in [9.17, 15) is 23.5 Å². The molecule has 0 aliphatic carbocycles. The average molecular weight is 467 g/mol. The van der Waals surface area contributed by atoms with Gasteiger partial charge < -0.3 is 14.6 Å². The summed E-state index contributed by atoms with van der Waals surface area (Å²) < 4.78 is 34.6. The van der Waals surface area contributed by atoms with Gasteiger partial charge in [0.2, 0.25) is 0 Å². The average Bonchev–Trinajstić information content (AvgIpc) is 3.10. The van der Waals surface area contributed by atoms with Crippen LogP contribution in [0, 0.1) is 6.92 Å². The fourth-order valence-corrected chi connectivity index (χ4v) is 3.64. The van der Waals surface area contributed by atoms with E-state index in [1.54, 1.807) is 25.1 Å². The van der Waals surface area contributed by atoms with Crippen LogP contribution in [-0.4, -0.2) is 40.7 Å². The molecule has 1 unspecified atom stereocenters. The zero-order valence-corrected chi connectivity index (χ0v) is 18.1. The number of aliphatic hydroxyl groups excluding tert-OH is 1. The molecule has 1 aliphatic rings. The summed E-state index contributed by atoms with van der Waals surface area (Å²) in [6.07, 6.45) is 0. The number of hydrogen-bond donors (Lipinski definition) is 1. The highest BCUT2D eigenvalue weighted by atomic mass is 19.3. The molecule has 0 bridgehead atoms. The van der Waals surface area contributed by atoms with Gasteiger partial charge >= 0.3 is 6.61 Å². The number of hydrogen-bond acceptors (Lipinski definition) is 7. The van der Waals surface area contributed by atoms with E-state index in [1.165, 1.54) is 49.6 Å². The predicted molar refractivity (Wildman–Crippen MR) is 117 cm³/mol. The van der Waals surface area contributed by atoms with Crippen LogP contribution in [0.5, 0.6) is 11.5 Å². The van der Waals surface area contributed by atoms with E-state index in [-0.39, 0.29) is 22.7 Å². The number of alkyl halides is 2. The number of aromatic nitrogens is 2. The Hall–Kier alpha value is -4.34. The number of rotatable bonds is 7. The first-order valence-electron chi connectivity index (χ1n) is 10.1. The molecule has 1 atom stereocenters. The third-order valence-electron chi connectivity index (χ3n) is 5.26. The minimum absolute atomic E-state index is 0.0963. The molecule has 0 saturated carbocycles. The number of benzene rings is 2. The van der Waals surface area contributed by atoms with E-state index in [2.05, 4.69) is 14.9 Å². The maximum Gasteiger partial charge on any atom is 0.387 e. The molecule has 0 saturated heterocycles. The third-order valence-corrected chi connectivity index (χ3v) is 5.26. The van der Waals surface area contributed by atoms with E-state index >= 15 is 0 Å². The highest BCUT2D eigenvalue weighted by Crippen LogP contribution is 2.41. The lowest BCUT2D eigenvalue weighted by Gasteiger charge is -2.25. The van der Waals surface area contributed by atoms with Crippen molar-refractivity contribution in [3.8, 4) is 11.5 Å². The topological polar surface area (TPSA) is 102 Å². The van der Waals surface area contributed by atoms with E-state index < -0.39 is 30.1 Å². The van der Waals surface area contributed by atoms with E-state index in [0.29, 0.717) is 17.0 Å². The minimum Gasteiger partial charge on any atom is -0.503 e. The molecule has 10 heteroatoms. The molecular weight excluding hydrogens is 448 g/mol. The van der Waals surface area contributed by atoms with Crippen LogP contribution < -0.4 is 14.4 Å². The van der Waals surface area contributed by atoms with E-state index in [0.717, 1.165) is 4.90 Å². The van der Waals surface area contributed by atoms with Gasteiger partial charge in [0.15, 0.2) is 17.4 Å². The first kappa shape index (κ1) is 22.8. The highest BCUT2D eigenvalue weighted by molar-refractivity contribution is 6.20. The highest BCUT2D eigenvalue weighted by Gasteiger charge is 2.45. The summed E-state index contributed by atoms with van der Waals surface area (Å²) in [7, 11) is 1.48. The molecule has 0 fully saturated rings. The molecule has 2 aromatic carbocycles. The van der Waals surface area contributed by atoms with Crippen LogP contribution in [0.4, 0.5) is 14.6 Å². The summed E-state index contributed by atoms with van der Waals surface area (Å²) in [5.41, 5.74) is 1.01. The van der Waals surface area contributed by atoms with Crippen molar-refractivity contribution >= 4 is 17.5 Å². The number of halogens is 2. The number of ether oxygens (including phenoxy) is 2. The van der Waals surface area contributed by atoms with Gasteiger partial charge in [-0.25, -0.2) is 0 Å². The summed E-state index contributed by atoms with van der Waals surface area (Å²) in [5.74, 6) is -1.62. The number of aliphatic hydroxyl groups is 1. The lowest BCUT2D eigenvalue weighted by atomic mass is 9.92. The number of Topliss-reactive ketones (excluding diaryl/α,β-unsaturated/α-hetero) is 1. The van der Waals surface area contributed by atoms with Gasteiger partial charge in [0, 0.05) is 5.56 Å². The predicted octanol–water partition coefficient (Wildman–Crippen LogP) is 4.18. The lowest BCUT2D eigenvalue weighted by Crippen LogP contribution is -2.32. The van der Waals surface area contributed by atoms with Crippen molar-refractivity contribution in [3.63, 3.8) is 0 Å². The van der Waals surface area contributed by atoms with Crippen molar-refractivity contribution in [1.29, 1.82) is 0 Å². The molecule has 1 amide bonds. The zero-order chi connectivity index (χ0) is 24.4. The van der Waals surface area contributed by atoms with Crippen molar-refractivity contribution in [2.24, 2.45) is 0 Å². The molecule has 8 nitrogen and oxygen atoms in total. The van der Waals surface area contributed by atoms with Crippen molar-refractivity contribution < 1.29 is 33.0 Å². The minimum atomic E-state index is -3.01. The van der Waals surface area contributed by atoms with Crippen molar-refractivity contribution in [1.82, 2.24) is 10.2 Å². The van der Waals surface area contributed by atoms with Gasteiger partial charge in [0.05, 0.1) is 24.4 Å². The molecule has 2 heterocycles. The number of carbonyl (C=O) groups is 2. The quantitative estimate of drug-likeness (QED) is 0.520. The molecule has 4 rings (SSSR count). The van der Waals surface area contributed by atoms with Crippen LogP contribution in [0.1, 0.15) is 27.7 Å². The van der Waals surface area contributed by atoms with Crippen LogP contribution in [0.3, 0.4) is 0 Å². The van der Waals surface area contributed by atoms with Gasteiger partial charge in [-0.05, 0) is 61.0 Å². The number of methoxy groups -OCH3 is 1. The maximum atomic E-state index is 13.4. The van der Waals surface area contributed by atoms with Gasteiger partial charge in [-0.3, -0.25) is 14.5 Å². The number of carbonyl (C=O) groups excluding carboxylic acids is 2. The lowest BCUT2D eigenvalue weighted by molar-refractivity contribution is -0.117. The Morgan fingerprint density at radius 1 is 1.00 bits per heavy atom. The fourth-order valence-electron chi connectivity index (χ4n) is 3.64. The van der Waals surface area contributed by atoms with Gasteiger partial charge in [0.25, 0.3) is 5.91 Å². The first-order chi connectivity index (χ1) is 16.3. The first-order valence-corrected chi connectivity index (χ1v) is 10.1. The second-order valence-electron chi connectivity index (χ2n) is 7.38. The standard InChI is InChI=1S/C24H19F2N3O5/c1-13-3-12-18(28-27-13)29-20(14-4-10-17(11-5-14)34-24(25)26)19(22(31)23(29)32)21(30)15-6-8-16(33-2)9-7-15/h3-12,20,24,31H,1-2H3. The summed E-state index contributed by atoms with van der Waals surface area (Å²) in [6, 6.07) is 13.7. The van der Waals surface area contributed by atoms with Crippen LogP contribution in [0.15, 0.2) is 72.0 Å². The number of anilines is 1. The Morgan fingerprint density at radius 2 is 1.65 bits per heavy atom. The molecular formula is C24H19F2N3O5. The molecule has 174 valence electrons. The normalized spacial score (nSPS) is 15.7. The summed E-state index contributed by atoms with van der Waals surface area (Å²) in [5, 5.41) is 18.7. The van der Waals surface area contributed by atoms with Gasteiger partial charge in [-0.15, -0.1) is 5.10 Å². The molecule has 1 aliphatic heterocycles. The molecule has 3 aromatic rings. The molecule has 34 heavy (non-hydrogen) atoms. The zero-order valence-electron chi connectivity index (χ0n) is 18.1. The van der Waals surface area contributed by atoms with Crippen LogP contribution in [-0.2, 0) is 4.79 Å². The van der Waals surface area contributed by atoms with E-state index in [4.69, 9.17) is 4.74 Å². The Labute approximate surface area is 193 Å². The second-order valence-corrected chi connectivity index (χ2v) is 7.38. The second kappa shape index (κ2) is 9.26. The number of aryl methyl sites for hydroxylation is 1. The largest absolute Gasteiger partial charge is 0.503 e. The number of ketones is 1. The Morgan fingerprint density at radius 3 is 2.21 bits per heavy atom. The van der Waals surface area contributed by atoms with Gasteiger partial charge in [-0.2, -0.15) is 13.9 Å². The van der Waals surface area contributed by atoms with E-state index in [1.807, 2.05) is 0 Å². The number of amides is 1. The van der Waals surface area contributed by atoms with Gasteiger partial charge in [0.1, 0.15) is 11.5 Å². The third kappa shape index (κ3) is 4.29. The fraction of sp³-hybridized carbons (Fsp3) is 0.167. The smallest absolute Gasteiger partial charge is 0.387 e. The Balaban J connectivity index is 1.81. The molecule has 0 spiro atoms. The monoisotopic (exact) mass is 467 g/mol. The Kier molecular flexibility index (Phi) is 6.22. The maximum absolute atomic E-state index is 13.4. The molecule has 0 radical (unpaired) electrons. The number of nitrogens with zero attached hydrogens (tertiary/aromatic N) is 3. The summed E-state index contributed by atoms with van der Waals surface area (Å²) in [4.78, 5) is 27.7. The molecule has 1 aromatic heterocycles. The van der Waals surface area contributed by atoms with Crippen LogP contribution in [0.25, 0.3) is 0 Å². The van der Waals surface area contributed by atoms with Crippen LogP contribution >= 0.6 is 0 Å².